The van der Waals surface area contributed by atoms with Crippen LogP contribution in [0, 0.1) is 0 Å². The van der Waals surface area contributed by atoms with Crippen molar-refractivity contribution in [3.63, 3.8) is 0 Å². The van der Waals surface area contributed by atoms with Crippen LogP contribution >= 0.6 is 22.9 Å². The van der Waals surface area contributed by atoms with Crippen LogP contribution in [0.25, 0.3) is 0 Å². The molecule has 1 amide bonds. The van der Waals surface area contributed by atoms with E-state index in [-0.39, 0.29) is 11.9 Å². The summed E-state index contributed by atoms with van der Waals surface area (Å²) < 4.78 is 12.1. The van der Waals surface area contributed by atoms with Gasteiger partial charge in [0.15, 0.2) is 11.5 Å². The maximum absolute atomic E-state index is 12.8. The molecule has 4 nitrogen and oxygen atoms in total. The number of likely N-dealkylation sites (tertiary alicyclic amines) is 1. The van der Waals surface area contributed by atoms with Crippen molar-refractivity contribution in [1.29, 1.82) is 0 Å². The molecule has 0 bridgehead atoms. The molecule has 0 N–H and O–H groups in total. The molecule has 0 spiro atoms. The minimum absolute atomic E-state index is 0.0570. The van der Waals surface area contributed by atoms with Gasteiger partial charge in [0, 0.05) is 13.0 Å². The van der Waals surface area contributed by atoms with E-state index < -0.39 is 0 Å². The number of carbonyl (C=O) groups is 1. The second kappa shape index (κ2) is 6.65. The standard InChI is InChI=1S/C18H18ClNO3S/c19-17-7-6-16(24-17)18(21)20-8-1-3-13(20)12-4-5-14-15(11-12)23-10-2-9-22-14/h4-7,11,13H,1-3,8-10H2/t13-/m0/s1. The Morgan fingerprint density at radius 3 is 2.75 bits per heavy atom. The molecule has 2 aromatic rings. The Bertz CT molecular complexity index is 760. The smallest absolute Gasteiger partial charge is 0.264 e. The third-order valence-corrected chi connectivity index (χ3v) is 5.67. The Hall–Kier alpha value is -1.72. The van der Waals surface area contributed by atoms with Crippen molar-refractivity contribution >= 4 is 28.8 Å². The van der Waals surface area contributed by atoms with E-state index in [1.807, 2.05) is 23.1 Å². The zero-order valence-electron chi connectivity index (χ0n) is 13.2. The first-order valence-corrected chi connectivity index (χ1v) is 9.38. The third kappa shape index (κ3) is 2.98. The second-order valence-corrected chi connectivity index (χ2v) is 7.73. The number of carbonyl (C=O) groups excluding carboxylic acids is 1. The van der Waals surface area contributed by atoms with Gasteiger partial charge in [-0.1, -0.05) is 17.7 Å². The average Bonchev–Trinajstić information content (AvgIpc) is 3.18. The summed E-state index contributed by atoms with van der Waals surface area (Å²) in [7, 11) is 0. The Kier molecular flexibility index (Phi) is 4.37. The van der Waals surface area contributed by atoms with Crippen LogP contribution in [0.15, 0.2) is 30.3 Å². The van der Waals surface area contributed by atoms with Crippen LogP contribution in [0.3, 0.4) is 0 Å². The highest BCUT2D eigenvalue weighted by Crippen LogP contribution is 2.39. The first kappa shape index (κ1) is 15.8. The van der Waals surface area contributed by atoms with Gasteiger partial charge in [-0.15, -0.1) is 11.3 Å². The minimum Gasteiger partial charge on any atom is -0.490 e. The molecular weight excluding hydrogens is 346 g/mol. The Balaban J connectivity index is 1.61. The molecule has 2 aliphatic heterocycles. The molecule has 0 aliphatic carbocycles. The largest absolute Gasteiger partial charge is 0.490 e. The first-order chi connectivity index (χ1) is 11.7. The van der Waals surface area contributed by atoms with Gasteiger partial charge >= 0.3 is 0 Å². The van der Waals surface area contributed by atoms with E-state index in [0.717, 1.165) is 42.9 Å². The number of nitrogens with zero attached hydrogens (tertiary/aromatic N) is 1. The molecule has 126 valence electrons. The van der Waals surface area contributed by atoms with Gasteiger partial charge in [-0.3, -0.25) is 4.79 Å². The molecule has 1 saturated heterocycles. The maximum atomic E-state index is 12.8. The summed E-state index contributed by atoms with van der Waals surface area (Å²) in [4.78, 5) is 15.5. The van der Waals surface area contributed by atoms with Crippen LogP contribution in [-0.2, 0) is 0 Å². The SMILES string of the molecule is O=C(c1ccc(Cl)s1)N1CCC[C@H]1c1ccc2c(c1)OCCCO2. The summed E-state index contributed by atoms with van der Waals surface area (Å²) in [6.45, 7) is 2.12. The molecular formula is C18H18ClNO3S. The molecule has 0 unspecified atom stereocenters. The van der Waals surface area contributed by atoms with Crippen LogP contribution in [0.1, 0.15) is 40.5 Å². The number of benzene rings is 1. The average molecular weight is 364 g/mol. The summed E-state index contributed by atoms with van der Waals surface area (Å²) in [6.07, 6.45) is 2.85. The number of hydrogen-bond acceptors (Lipinski definition) is 4. The number of fused-ring (bicyclic) bond motifs is 1. The predicted molar refractivity (Wildman–Crippen MR) is 94.4 cm³/mol. The van der Waals surface area contributed by atoms with Gasteiger partial charge in [0.2, 0.25) is 0 Å². The normalized spacial score (nSPS) is 20.0. The van der Waals surface area contributed by atoms with E-state index in [4.69, 9.17) is 21.1 Å². The lowest BCUT2D eigenvalue weighted by Gasteiger charge is -2.25. The third-order valence-electron chi connectivity index (χ3n) is 4.45. The van der Waals surface area contributed by atoms with Crippen LogP contribution in [0.2, 0.25) is 4.34 Å². The van der Waals surface area contributed by atoms with Gasteiger partial charge in [-0.05, 0) is 42.7 Å². The molecule has 1 aromatic carbocycles. The van der Waals surface area contributed by atoms with Gasteiger partial charge in [-0.2, -0.15) is 0 Å². The van der Waals surface area contributed by atoms with E-state index in [0.29, 0.717) is 22.4 Å². The summed E-state index contributed by atoms with van der Waals surface area (Å²) in [5.41, 5.74) is 1.10. The van der Waals surface area contributed by atoms with Gasteiger partial charge in [0.1, 0.15) is 0 Å². The number of thiophene rings is 1. The summed E-state index contributed by atoms with van der Waals surface area (Å²) >= 11 is 7.31. The monoisotopic (exact) mass is 363 g/mol. The molecule has 1 atom stereocenters. The van der Waals surface area contributed by atoms with Gasteiger partial charge < -0.3 is 14.4 Å². The van der Waals surface area contributed by atoms with Gasteiger partial charge in [0.05, 0.1) is 28.5 Å². The molecule has 0 radical (unpaired) electrons. The summed E-state index contributed by atoms with van der Waals surface area (Å²) in [6, 6.07) is 9.69. The summed E-state index contributed by atoms with van der Waals surface area (Å²) in [5, 5.41) is 0. The van der Waals surface area contributed by atoms with Crippen molar-refractivity contribution in [3.05, 3.63) is 45.1 Å². The molecule has 1 aromatic heterocycles. The highest BCUT2D eigenvalue weighted by molar-refractivity contribution is 7.17. The van der Waals surface area contributed by atoms with Crippen molar-refractivity contribution in [1.82, 2.24) is 4.90 Å². The minimum atomic E-state index is 0.0570. The fourth-order valence-electron chi connectivity index (χ4n) is 3.31. The van der Waals surface area contributed by atoms with E-state index in [2.05, 4.69) is 0 Å². The first-order valence-electron chi connectivity index (χ1n) is 8.18. The van der Waals surface area contributed by atoms with E-state index in [1.54, 1.807) is 12.1 Å². The lowest BCUT2D eigenvalue weighted by molar-refractivity contribution is 0.0740. The molecule has 6 heteroatoms. The second-order valence-electron chi connectivity index (χ2n) is 6.02. The fourth-order valence-corrected chi connectivity index (χ4v) is 4.31. The van der Waals surface area contributed by atoms with Crippen LogP contribution in [0.4, 0.5) is 0 Å². The molecule has 24 heavy (non-hydrogen) atoms. The number of amides is 1. The highest BCUT2D eigenvalue weighted by Gasteiger charge is 2.32. The van der Waals surface area contributed by atoms with E-state index in [1.165, 1.54) is 11.3 Å². The fraction of sp³-hybridized carbons (Fsp3) is 0.389. The molecule has 2 aliphatic rings. The number of halogens is 1. The predicted octanol–water partition coefficient (Wildman–Crippen LogP) is 4.54. The van der Waals surface area contributed by atoms with E-state index in [9.17, 15) is 4.79 Å². The van der Waals surface area contributed by atoms with Gasteiger partial charge in [0.25, 0.3) is 5.91 Å². The quantitative estimate of drug-likeness (QED) is 0.786. The van der Waals surface area contributed by atoms with Crippen LogP contribution in [0.5, 0.6) is 11.5 Å². The lowest BCUT2D eigenvalue weighted by Crippen LogP contribution is -2.29. The van der Waals surface area contributed by atoms with Crippen LogP contribution in [-0.4, -0.2) is 30.6 Å². The zero-order chi connectivity index (χ0) is 16.5. The number of hydrogen-bond donors (Lipinski definition) is 0. The zero-order valence-corrected chi connectivity index (χ0v) is 14.7. The van der Waals surface area contributed by atoms with Crippen molar-refractivity contribution in [2.24, 2.45) is 0 Å². The Morgan fingerprint density at radius 1 is 1.12 bits per heavy atom. The lowest BCUT2D eigenvalue weighted by atomic mass is 10.0. The van der Waals surface area contributed by atoms with E-state index >= 15 is 0 Å². The summed E-state index contributed by atoms with van der Waals surface area (Å²) in [5.74, 6) is 1.63. The molecule has 4 rings (SSSR count). The number of rotatable bonds is 2. The molecule has 3 heterocycles. The van der Waals surface area contributed by atoms with Crippen molar-refractivity contribution in [2.75, 3.05) is 19.8 Å². The van der Waals surface area contributed by atoms with Crippen molar-refractivity contribution in [3.8, 4) is 11.5 Å². The van der Waals surface area contributed by atoms with Crippen LogP contribution < -0.4 is 9.47 Å². The molecule has 1 fully saturated rings. The van der Waals surface area contributed by atoms with Crippen molar-refractivity contribution in [2.45, 2.75) is 25.3 Å². The van der Waals surface area contributed by atoms with Gasteiger partial charge in [-0.25, -0.2) is 0 Å². The Morgan fingerprint density at radius 2 is 1.96 bits per heavy atom. The Labute approximate surface area is 149 Å². The highest BCUT2D eigenvalue weighted by atomic mass is 35.5. The number of ether oxygens (including phenoxy) is 2. The van der Waals surface area contributed by atoms with Crippen molar-refractivity contribution < 1.29 is 14.3 Å². The maximum Gasteiger partial charge on any atom is 0.264 e. The molecule has 0 saturated carbocycles. The topological polar surface area (TPSA) is 38.8 Å².